The molecule has 4 N–H and O–H groups in total. The van der Waals surface area contributed by atoms with E-state index in [1.807, 2.05) is 31.3 Å². The summed E-state index contributed by atoms with van der Waals surface area (Å²) in [5.74, 6) is -0.933. The van der Waals surface area contributed by atoms with Crippen molar-refractivity contribution in [2.75, 3.05) is 30.8 Å². The zero-order valence-corrected chi connectivity index (χ0v) is 31.0. The van der Waals surface area contributed by atoms with Crippen LogP contribution in [-0.4, -0.2) is 57.8 Å². The lowest BCUT2D eigenvalue weighted by Crippen LogP contribution is -2.29. The highest BCUT2D eigenvalue weighted by atomic mass is 32.1. The van der Waals surface area contributed by atoms with Crippen LogP contribution in [0.1, 0.15) is 61.7 Å². The molecular formula is C36H40N8O5S2. The minimum absolute atomic E-state index is 0.0850. The number of thiophene rings is 2. The summed E-state index contributed by atoms with van der Waals surface area (Å²) < 4.78 is 16.8. The standard InChI is InChI=1S/C36H40N8O5S2/c1-35(2,3)49-32(45)22(16-37)13-23-14-24-28(50-23)29-25(36(24,4)5)15-26(51-29)44(6)11-12-47-34(46)39-17-20-7-9-21(10-8-20)18-48-31-27-30(41-19-40-27)42-33(38)43-31/h7-10,14-15,19,22H,11-13,17-18H2,1-6H3,(H,39,46)(H3,38,40,41,42,43). The second-order valence-corrected chi connectivity index (χ2v) is 16.0. The van der Waals surface area contributed by atoms with E-state index in [2.05, 4.69) is 62.2 Å². The Kier molecular flexibility index (Phi) is 9.92. The molecule has 1 unspecified atom stereocenters. The lowest BCUT2D eigenvalue weighted by Gasteiger charge is -2.21. The summed E-state index contributed by atoms with van der Waals surface area (Å²) in [5.41, 5.74) is 10.2. The number of hydrogen-bond donors (Lipinski definition) is 3. The van der Waals surface area contributed by atoms with E-state index < -0.39 is 23.6 Å². The highest BCUT2D eigenvalue weighted by Crippen LogP contribution is 2.57. The van der Waals surface area contributed by atoms with Gasteiger partial charge in [0, 0.05) is 35.2 Å². The molecule has 51 heavy (non-hydrogen) atoms. The first-order valence-electron chi connectivity index (χ1n) is 16.4. The Morgan fingerprint density at radius 3 is 2.53 bits per heavy atom. The molecule has 6 rings (SSSR count). The molecule has 4 heterocycles. The number of anilines is 2. The third-order valence-electron chi connectivity index (χ3n) is 8.45. The Bertz CT molecular complexity index is 2110. The smallest absolute Gasteiger partial charge is 0.407 e. The fourth-order valence-electron chi connectivity index (χ4n) is 5.72. The number of nitrogen functional groups attached to an aromatic ring is 1. The van der Waals surface area contributed by atoms with Crippen molar-refractivity contribution in [2.24, 2.45) is 5.92 Å². The van der Waals surface area contributed by atoms with Crippen molar-refractivity contribution in [3.05, 3.63) is 69.9 Å². The van der Waals surface area contributed by atoms with Crippen LogP contribution >= 0.6 is 22.7 Å². The molecule has 0 aliphatic heterocycles. The number of nitrogens with zero attached hydrogens (tertiary/aromatic N) is 5. The molecule has 4 aromatic heterocycles. The second kappa shape index (κ2) is 14.2. The van der Waals surface area contributed by atoms with Gasteiger partial charge in [0.1, 0.15) is 30.2 Å². The van der Waals surface area contributed by atoms with Crippen molar-refractivity contribution in [1.82, 2.24) is 25.3 Å². The van der Waals surface area contributed by atoms with Gasteiger partial charge in [-0.3, -0.25) is 4.79 Å². The van der Waals surface area contributed by atoms with Gasteiger partial charge in [0.15, 0.2) is 5.65 Å². The van der Waals surface area contributed by atoms with Gasteiger partial charge < -0.3 is 35.1 Å². The van der Waals surface area contributed by atoms with Crippen molar-refractivity contribution < 1.29 is 23.8 Å². The topological polar surface area (TPSA) is 181 Å². The number of benzene rings is 1. The van der Waals surface area contributed by atoms with E-state index in [1.54, 1.807) is 43.4 Å². The summed E-state index contributed by atoms with van der Waals surface area (Å²) in [5, 5.41) is 13.6. The van der Waals surface area contributed by atoms with Gasteiger partial charge in [0.2, 0.25) is 11.8 Å². The third kappa shape index (κ3) is 7.92. The minimum atomic E-state index is -0.856. The fourth-order valence-corrected chi connectivity index (χ4v) is 8.54. The molecular weight excluding hydrogens is 689 g/mol. The Hall–Kier alpha value is -5.20. The molecule has 0 spiro atoms. The number of carbonyl (C=O) groups excluding carboxylic acids is 2. The van der Waals surface area contributed by atoms with E-state index in [4.69, 9.17) is 19.9 Å². The molecule has 1 atom stereocenters. The Morgan fingerprint density at radius 1 is 1.10 bits per heavy atom. The van der Waals surface area contributed by atoms with E-state index >= 15 is 0 Å². The number of rotatable bonds is 12. The van der Waals surface area contributed by atoms with Gasteiger partial charge in [-0.15, -0.1) is 22.7 Å². The molecule has 1 aromatic carbocycles. The van der Waals surface area contributed by atoms with E-state index in [0.29, 0.717) is 36.6 Å². The number of likely N-dealkylation sites (N-methyl/N-ethyl adjacent to an activating group) is 1. The van der Waals surface area contributed by atoms with E-state index in [1.165, 1.54) is 27.2 Å². The molecule has 0 radical (unpaired) electrons. The van der Waals surface area contributed by atoms with Gasteiger partial charge in [-0.2, -0.15) is 15.2 Å². The normalized spacial score (nSPS) is 13.6. The lowest BCUT2D eigenvalue weighted by molar-refractivity contribution is -0.157. The van der Waals surface area contributed by atoms with Crippen LogP contribution in [0.2, 0.25) is 0 Å². The van der Waals surface area contributed by atoms with Crippen LogP contribution in [-0.2, 0) is 39.3 Å². The van der Waals surface area contributed by atoms with Gasteiger partial charge in [0.05, 0.1) is 28.8 Å². The molecule has 0 saturated heterocycles. The number of amides is 1. The molecule has 1 aliphatic rings. The number of aromatic nitrogens is 4. The number of nitrogens with one attached hydrogen (secondary N) is 2. The summed E-state index contributed by atoms with van der Waals surface area (Å²) in [6, 6.07) is 14.1. The van der Waals surface area contributed by atoms with Crippen molar-refractivity contribution >= 4 is 56.8 Å². The molecule has 0 bridgehead atoms. The summed E-state index contributed by atoms with van der Waals surface area (Å²) in [6.07, 6.45) is 1.34. The fraction of sp³-hybridized carbons (Fsp3) is 0.389. The van der Waals surface area contributed by atoms with Crippen molar-refractivity contribution in [3.8, 4) is 21.7 Å². The maximum absolute atomic E-state index is 12.6. The van der Waals surface area contributed by atoms with Crippen LogP contribution in [0.15, 0.2) is 42.7 Å². The monoisotopic (exact) mass is 728 g/mol. The minimum Gasteiger partial charge on any atom is -0.471 e. The predicted molar refractivity (Wildman–Crippen MR) is 197 cm³/mol. The summed E-state index contributed by atoms with van der Waals surface area (Å²) in [6.45, 7) is 11.1. The molecule has 266 valence electrons. The molecule has 13 nitrogen and oxygen atoms in total. The van der Waals surface area contributed by atoms with Gasteiger partial charge in [0.25, 0.3) is 0 Å². The molecule has 1 aliphatic carbocycles. The SMILES string of the molecule is CN(CCOC(=O)NCc1ccc(COc2nc(N)nc3nc[nH]c23)cc1)c1cc2c(s1)-c1sc(CC(C#N)C(=O)OC(C)(C)C)cc1C2(C)C. The molecule has 1 amide bonds. The van der Waals surface area contributed by atoms with E-state index in [0.717, 1.165) is 21.0 Å². The number of H-pyrrole nitrogens is 1. The van der Waals surface area contributed by atoms with E-state index in [-0.39, 0.29) is 24.6 Å². The van der Waals surface area contributed by atoms with Crippen LogP contribution in [0.3, 0.4) is 0 Å². The number of nitrogens with two attached hydrogens (primary N) is 1. The molecule has 15 heteroatoms. The number of ether oxygens (including phenoxy) is 3. The maximum atomic E-state index is 12.6. The largest absolute Gasteiger partial charge is 0.471 e. The first kappa shape index (κ1) is 35.6. The molecule has 0 fully saturated rings. The second-order valence-electron chi connectivity index (χ2n) is 13.8. The lowest BCUT2D eigenvalue weighted by atomic mass is 9.84. The van der Waals surface area contributed by atoms with Crippen LogP contribution in [0.4, 0.5) is 15.7 Å². The van der Waals surface area contributed by atoms with Gasteiger partial charge in [-0.05, 0) is 55.2 Å². The molecule has 0 saturated carbocycles. The quantitative estimate of drug-likeness (QED) is 0.122. The summed E-state index contributed by atoms with van der Waals surface area (Å²) >= 11 is 3.33. The number of fused-ring (bicyclic) bond motifs is 4. The first-order chi connectivity index (χ1) is 24.2. The number of esters is 1. The number of nitriles is 1. The number of carbonyl (C=O) groups is 2. The number of hydrogen-bond acceptors (Lipinski definition) is 13. The average molecular weight is 729 g/mol. The van der Waals surface area contributed by atoms with Crippen molar-refractivity contribution in [3.63, 3.8) is 0 Å². The van der Waals surface area contributed by atoms with Gasteiger partial charge in [-0.25, -0.2) is 9.78 Å². The zero-order chi connectivity index (χ0) is 36.5. The van der Waals surface area contributed by atoms with Crippen LogP contribution < -0.4 is 20.7 Å². The Balaban J connectivity index is 0.974. The summed E-state index contributed by atoms with van der Waals surface area (Å²) in [4.78, 5) is 45.8. The number of aromatic amines is 1. The van der Waals surface area contributed by atoms with Crippen LogP contribution in [0, 0.1) is 17.2 Å². The maximum Gasteiger partial charge on any atom is 0.407 e. The van der Waals surface area contributed by atoms with Crippen LogP contribution in [0.5, 0.6) is 5.88 Å². The average Bonchev–Trinajstić information content (AvgIpc) is 3.85. The Labute approximate surface area is 303 Å². The predicted octanol–water partition coefficient (Wildman–Crippen LogP) is 6.33. The van der Waals surface area contributed by atoms with E-state index in [9.17, 15) is 14.9 Å². The summed E-state index contributed by atoms with van der Waals surface area (Å²) in [7, 11) is 1.98. The van der Waals surface area contributed by atoms with Crippen molar-refractivity contribution in [1.29, 1.82) is 5.26 Å². The highest BCUT2D eigenvalue weighted by Gasteiger charge is 2.40. The van der Waals surface area contributed by atoms with Gasteiger partial charge in [-0.1, -0.05) is 38.1 Å². The highest BCUT2D eigenvalue weighted by molar-refractivity contribution is 7.24. The Morgan fingerprint density at radius 2 is 1.80 bits per heavy atom. The van der Waals surface area contributed by atoms with Crippen LogP contribution in [0.25, 0.3) is 20.9 Å². The number of alkyl carbamates (subject to hydrolysis) is 1. The van der Waals surface area contributed by atoms with Crippen molar-refractivity contribution in [2.45, 2.75) is 65.2 Å². The molecule has 5 aromatic rings. The van der Waals surface area contributed by atoms with Gasteiger partial charge >= 0.3 is 12.1 Å². The number of imidazole rings is 1. The zero-order valence-electron chi connectivity index (χ0n) is 29.3. The first-order valence-corrected chi connectivity index (χ1v) is 18.0. The third-order valence-corrected chi connectivity index (χ3v) is 11.0.